The van der Waals surface area contributed by atoms with E-state index in [1.54, 1.807) is 17.8 Å². The molecule has 2 aromatic rings. The molecule has 0 radical (unpaired) electrons. The topological polar surface area (TPSA) is 78.8 Å². The van der Waals surface area contributed by atoms with E-state index in [9.17, 15) is 0 Å². The molecule has 1 heterocycles. The number of hydrogen-bond acceptors (Lipinski definition) is 6. The Morgan fingerprint density at radius 1 is 1.33 bits per heavy atom. The summed E-state index contributed by atoms with van der Waals surface area (Å²) < 4.78 is 7.24. The third-order valence-corrected chi connectivity index (χ3v) is 3.06. The van der Waals surface area contributed by atoms with Crippen LogP contribution >= 0.6 is 11.8 Å². The second kappa shape index (κ2) is 5.26. The van der Waals surface area contributed by atoms with Gasteiger partial charge in [-0.1, -0.05) is 0 Å². The highest BCUT2D eigenvalue weighted by Crippen LogP contribution is 2.30. The van der Waals surface area contributed by atoms with Crippen LogP contribution in [0, 0.1) is 0 Å². The summed E-state index contributed by atoms with van der Waals surface area (Å²) in [7, 11) is 1.79. The number of aryl methyl sites for hydroxylation is 1. The summed E-state index contributed by atoms with van der Waals surface area (Å²) >= 11 is 1.44. The Bertz CT molecular complexity index is 540. The van der Waals surface area contributed by atoms with Crippen molar-refractivity contribution in [3.05, 3.63) is 18.2 Å². The first-order valence-electron chi connectivity index (χ1n) is 5.52. The van der Waals surface area contributed by atoms with E-state index in [0.717, 1.165) is 10.6 Å². The number of rotatable bonds is 4. The third kappa shape index (κ3) is 3.13. The van der Waals surface area contributed by atoms with Crippen LogP contribution in [0.1, 0.15) is 13.8 Å². The fraction of sp³-hybridized carbons (Fsp3) is 0.364. The van der Waals surface area contributed by atoms with E-state index in [2.05, 4.69) is 15.5 Å². The van der Waals surface area contributed by atoms with Gasteiger partial charge < -0.3 is 10.5 Å². The van der Waals surface area contributed by atoms with Crippen LogP contribution in [0.5, 0.6) is 5.75 Å². The van der Waals surface area contributed by atoms with Gasteiger partial charge in [0.05, 0.1) is 6.10 Å². The van der Waals surface area contributed by atoms with Gasteiger partial charge in [0.15, 0.2) is 0 Å². The number of ether oxygens (including phenoxy) is 1. The maximum Gasteiger partial charge on any atom is 0.213 e. The average Bonchev–Trinajstić information content (AvgIpc) is 2.62. The quantitative estimate of drug-likeness (QED) is 0.848. The Morgan fingerprint density at radius 3 is 2.72 bits per heavy atom. The number of nitrogens with two attached hydrogens (primary N) is 1. The van der Waals surface area contributed by atoms with E-state index < -0.39 is 0 Å². The molecule has 0 fully saturated rings. The van der Waals surface area contributed by atoms with Gasteiger partial charge in [-0.2, -0.15) is 0 Å². The molecule has 0 saturated heterocycles. The second-order valence-corrected chi connectivity index (χ2v) is 5.13. The molecule has 1 aromatic carbocycles. The second-order valence-electron chi connectivity index (χ2n) is 4.09. The maximum atomic E-state index is 5.85. The van der Waals surface area contributed by atoms with E-state index in [-0.39, 0.29) is 6.10 Å². The lowest BCUT2D eigenvalue weighted by molar-refractivity contribution is 0.242. The molecule has 96 valence electrons. The number of hydrogen-bond donors (Lipinski definition) is 1. The molecule has 0 unspecified atom stereocenters. The van der Waals surface area contributed by atoms with Crippen molar-refractivity contribution in [1.82, 2.24) is 20.2 Å². The monoisotopic (exact) mass is 265 g/mol. The lowest BCUT2D eigenvalue weighted by Crippen LogP contribution is -2.05. The molecule has 0 aliphatic carbocycles. The van der Waals surface area contributed by atoms with Crippen LogP contribution in [0.3, 0.4) is 0 Å². The van der Waals surface area contributed by atoms with E-state index in [1.807, 2.05) is 26.0 Å². The first-order valence-corrected chi connectivity index (χ1v) is 6.33. The Balaban J connectivity index is 2.23. The zero-order valence-corrected chi connectivity index (χ0v) is 11.3. The number of nitrogen functional groups attached to an aromatic ring is 1. The maximum absolute atomic E-state index is 5.85. The van der Waals surface area contributed by atoms with Gasteiger partial charge in [-0.05, 0) is 48.2 Å². The van der Waals surface area contributed by atoms with Gasteiger partial charge in [0.1, 0.15) is 5.75 Å². The molecule has 7 heteroatoms. The summed E-state index contributed by atoms with van der Waals surface area (Å²) in [5.41, 5.74) is 6.51. The minimum atomic E-state index is 0.112. The van der Waals surface area contributed by atoms with Crippen molar-refractivity contribution in [1.29, 1.82) is 0 Å². The summed E-state index contributed by atoms with van der Waals surface area (Å²) in [6.07, 6.45) is 0.112. The molecule has 2 rings (SSSR count). The SMILES string of the molecule is CC(C)Oc1cc(N)cc(Sc2nnnn2C)c1. The molecule has 0 aliphatic rings. The van der Waals surface area contributed by atoms with Crippen molar-refractivity contribution in [3.63, 3.8) is 0 Å². The Morgan fingerprint density at radius 2 is 2.11 bits per heavy atom. The minimum Gasteiger partial charge on any atom is -0.491 e. The van der Waals surface area contributed by atoms with Crippen molar-refractivity contribution in [2.24, 2.45) is 7.05 Å². The molecule has 2 N–H and O–H groups in total. The zero-order valence-electron chi connectivity index (χ0n) is 10.5. The lowest BCUT2D eigenvalue weighted by atomic mass is 10.3. The van der Waals surface area contributed by atoms with E-state index in [0.29, 0.717) is 10.8 Å². The highest BCUT2D eigenvalue weighted by Gasteiger charge is 2.08. The third-order valence-electron chi connectivity index (χ3n) is 2.06. The van der Waals surface area contributed by atoms with Crippen molar-refractivity contribution >= 4 is 17.4 Å². The molecule has 0 atom stereocenters. The zero-order chi connectivity index (χ0) is 13.1. The standard InChI is InChI=1S/C11H15N5OS/c1-7(2)17-9-4-8(12)5-10(6-9)18-11-13-14-15-16(11)3/h4-7H,12H2,1-3H3. The predicted octanol–water partition coefficient (Wildman–Crippen LogP) is 1.73. The van der Waals surface area contributed by atoms with E-state index >= 15 is 0 Å². The van der Waals surface area contributed by atoms with E-state index in [1.165, 1.54) is 11.8 Å². The summed E-state index contributed by atoms with van der Waals surface area (Å²) in [6.45, 7) is 3.95. The van der Waals surface area contributed by atoms with Gasteiger partial charge in [0.25, 0.3) is 0 Å². The Labute approximate surface area is 110 Å². The largest absolute Gasteiger partial charge is 0.491 e. The fourth-order valence-corrected chi connectivity index (χ4v) is 2.23. The van der Waals surface area contributed by atoms with Gasteiger partial charge in [-0.3, -0.25) is 0 Å². The molecule has 0 amide bonds. The molecule has 0 bridgehead atoms. The summed E-state index contributed by atoms with van der Waals surface area (Å²) in [6, 6.07) is 5.60. The fourth-order valence-electron chi connectivity index (χ4n) is 1.41. The molecule has 18 heavy (non-hydrogen) atoms. The number of anilines is 1. The molecule has 0 saturated carbocycles. The van der Waals surface area contributed by atoms with Gasteiger partial charge >= 0.3 is 0 Å². The normalized spacial score (nSPS) is 10.9. The molecular weight excluding hydrogens is 250 g/mol. The summed E-state index contributed by atoms with van der Waals surface area (Å²) in [5.74, 6) is 0.752. The highest BCUT2D eigenvalue weighted by atomic mass is 32.2. The van der Waals surface area contributed by atoms with E-state index in [4.69, 9.17) is 10.5 Å². The van der Waals surface area contributed by atoms with Crippen molar-refractivity contribution < 1.29 is 4.74 Å². The number of benzene rings is 1. The van der Waals surface area contributed by atoms with Crippen molar-refractivity contribution in [2.75, 3.05) is 5.73 Å². The Hall–Kier alpha value is -1.76. The first kappa shape index (κ1) is 12.7. The highest BCUT2D eigenvalue weighted by molar-refractivity contribution is 7.99. The average molecular weight is 265 g/mol. The summed E-state index contributed by atoms with van der Waals surface area (Å²) in [4.78, 5) is 0.948. The lowest BCUT2D eigenvalue weighted by Gasteiger charge is -2.11. The van der Waals surface area contributed by atoms with Crippen LogP contribution in [0.15, 0.2) is 28.3 Å². The molecule has 6 nitrogen and oxygen atoms in total. The molecule has 0 spiro atoms. The molecule has 0 aliphatic heterocycles. The molecular formula is C11H15N5OS. The van der Waals surface area contributed by atoms with Crippen LogP contribution in [-0.4, -0.2) is 26.3 Å². The minimum absolute atomic E-state index is 0.112. The number of tetrazole rings is 1. The Kier molecular flexibility index (Phi) is 3.71. The van der Waals surface area contributed by atoms with Crippen LogP contribution in [0.25, 0.3) is 0 Å². The van der Waals surface area contributed by atoms with Gasteiger partial charge in [-0.25, -0.2) is 4.68 Å². The summed E-state index contributed by atoms with van der Waals surface area (Å²) in [5, 5.41) is 12.0. The van der Waals surface area contributed by atoms with Crippen molar-refractivity contribution in [2.45, 2.75) is 30.0 Å². The number of aromatic nitrogens is 4. The predicted molar refractivity (Wildman–Crippen MR) is 69.5 cm³/mol. The van der Waals surface area contributed by atoms with Crippen LogP contribution in [0.4, 0.5) is 5.69 Å². The smallest absolute Gasteiger partial charge is 0.213 e. The van der Waals surface area contributed by atoms with Crippen LogP contribution < -0.4 is 10.5 Å². The van der Waals surface area contributed by atoms with Gasteiger partial charge in [0.2, 0.25) is 5.16 Å². The van der Waals surface area contributed by atoms with Gasteiger partial charge in [0, 0.05) is 23.7 Å². The van der Waals surface area contributed by atoms with Crippen molar-refractivity contribution in [3.8, 4) is 5.75 Å². The number of nitrogens with zero attached hydrogens (tertiary/aromatic N) is 4. The van der Waals surface area contributed by atoms with Crippen LogP contribution in [-0.2, 0) is 7.05 Å². The van der Waals surface area contributed by atoms with Crippen LogP contribution in [0.2, 0.25) is 0 Å². The van der Waals surface area contributed by atoms with Gasteiger partial charge in [-0.15, -0.1) is 5.10 Å². The first-order chi connectivity index (χ1) is 8.54. The molecule has 1 aromatic heterocycles.